The number of benzene rings is 1. The summed E-state index contributed by atoms with van der Waals surface area (Å²) in [6.07, 6.45) is 9.98. The van der Waals surface area contributed by atoms with Crippen molar-refractivity contribution in [1.29, 1.82) is 0 Å². The van der Waals surface area contributed by atoms with Crippen LogP contribution in [0.4, 0.5) is 21.8 Å². The number of nitrogens with one attached hydrogen (secondary N) is 2. The van der Waals surface area contributed by atoms with Gasteiger partial charge < -0.3 is 10.6 Å². The van der Waals surface area contributed by atoms with Gasteiger partial charge >= 0.3 is 0 Å². The molecule has 0 saturated heterocycles. The first-order valence-corrected chi connectivity index (χ1v) is 9.04. The zero-order chi connectivity index (χ0) is 20.1. The normalized spacial score (nSPS) is 10.6. The maximum Gasteiger partial charge on any atom is 0.229 e. The summed E-state index contributed by atoms with van der Waals surface area (Å²) in [6, 6.07) is 8.15. The van der Waals surface area contributed by atoms with Crippen molar-refractivity contribution in [2.75, 3.05) is 10.6 Å². The second kappa shape index (κ2) is 8.57. The van der Waals surface area contributed by atoms with Gasteiger partial charge in [0.25, 0.3) is 0 Å². The minimum Gasteiger partial charge on any atom is -0.365 e. The molecule has 144 valence electrons. The minimum atomic E-state index is -0.489. The van der Waals surface area contributed by atoms with Crippen molar-refractivity contribution < 1.29 is 4.39 Å². The summed E-state index contributed by atoms with van der Waals surface area (Å²) in [4.78, 5) is 21.1. The lowest BCUT2D eigenvalue weighted by Crippen LogP contribution is -2.06. The van der Waals surface area contributed by atoms with Gasteiger partial charge in [0, 0.05) is 54.3 Å². The predicted octanol–water partition coefficient (Wildman–Crippen LogP) is 4.48. The highest BCUT2D eigenvalue weighted by Gasteiger charge is 2.11. The fourth-order valence-corrected chi connectivity index (χ4v) is 2.80. The molecule has 3 heterocycles. The molecule has 2 N–H and O–H groups in total. The van der Waals surface area contributed by atoms with Crippen molar-refractivity contribution in [1.82, 2.24) is 24.9 Å². The van der Waals surface area contributed by atoms with E-state index < -0.39 is 5.82 Å². The van der Waals surface area contributed by atoms with E-state index in [0.29, 0.717) is 24.0 Å². The number of halogens is 2. The van der Waals surface area contributed by atoms with Crippen LogP contribution in [0.3, 0.4) is 0 Å². The number of hydrogen-bond donors (Lipinski definition) is 2. The monoisotopic (exact) mass is 407 g/mol. The van der Waals surface area contributed by atoms with E-state index in [9.17, 15) is 4.39 Å². The summed E-state index contributed by atoms with van der Waals surface area (Å²) >= 11 is 5.85. The third-order valence-electron chi connectivity index (χ3n) is 4.05. The summed E-state index contributed by atoms with van der Waals surface area (Å²) in [5, 5.41) is 6.37. The van der Waals surface area contributed by atoms with Gasteiger partial charge in [-0.15, -0.1) is 0 Å². The van der Waals surface area contributed by atoms with Crippen LogP contribution in [0.5, 0.6) is 0 Å². The Bertz CT molecular complexity index is 1110. The van der Waals surface area contributed by atoms with E-state index in [0.717, 1.165) is 16.7 Å². The molecule has 4 aromatic rings. The number of nitrogens with zero attached hydrogens (tertiary/aromatic N) is 5. The van der Waals surface area contributed by atoms with Gasteiger partial charge in [0.2, 0.25) is 5.95 Å². The van der Waals surface area contributed by atoms with E-state index in [1.165, 1.54) is 18.5 Å². The average molecular weight is 408 g/mol. The Hall–Kier alpha value is -3.65. The molecule has 4 rings (SSSR count). The van der Waals surface area contributed by atoms with E-state index in [4.69, 9.17) is 11.6 Å². The summed E-state index contributed by atoms with van der Waals surface area (Å²) in [5.41, 5.74) is 3.16. The molecule has 0 aliphatic carbocycles. The van der Waals surface area contributed by atoms with Crippen LogP contribution in [0.25, 0.3) is 11.1 Å². The lowest BCUT2D eigenvalue weighted by atomic mass is 10.1. The first kappa shape index (κ1) is 18.7. The van der Waals surface area contributed by atoms with Crippen LogP contribution >= 0.6 is 11.6 Å². The van der Waals surface area contributed by atoms with Crippen LogP contribution in [0, 0.1) is 5.82 Å². The van der Waals surface area contributed by atoms with Crippen molar-refractivity contribution in [3.05, 3.63) is 84.0 Å². The van der Waals surface area contributed by atoms with E-state index in [2.05, 4.69) is 35.6 Å². The maximum absolute atomic E-state index is 13.4. The lowest BCUT2D eigenvalue weighted by molar-refractivity contribution is 0.628. The van der Waals surface area contributed by atoms with Crippen LogP contribution in [0.1, 0.15) is 5.56 Å². The molecule has 0 bridgehead atoms. The molecule has 0 spiro atoms. The van der Waals surface area contributed by atoms with Gasteiger partial charge in [0.15, 0.2) is 0 Å². The lowest BCUT2D eigenvalue weighted by Gasteiger charge is -2.13. The fourth-order valence-electron chi connectivity index (χ4n) is 2.62. The number of pyridine rings is 1. The molecule has 0 atom stereocenters. The molecule has 0 fully saturated rings. The molecule has 0 aliphatic rings. The van der Waals surface area contributed by atoms with E-state index in [1.54, 1.807) is 37.1 Å². The van der Waals surface area contributed by atoms with Gasteiger partial charge in [-0.2, -0.15) is 4.98 Å². The quantitative estimate of drug-likeness (QED) is 0.487. The Morgan fingerprint density at radius 1 is 0.966 bits per heavy atom. The Morgan fingerprint density at radius 3 is 2.52 bits per heavy atom. The Kier molecular flexibility index (Phi) is 5.53. The Balaban J connectivity index is 1.64. The van der Waals surface area contributed by atoms with Crippen LogP contribution in [0.2, 0.25) is 5.02 Å². The molecular formula is C20H15ClFN7. The number of anilines is 3. The van der Waals surface area contributed by atoms with Gasteiger partial charge in [-0.3, -0.25) is 4.98 Å². The second-order valence-electron chi connectivity index (χ2n) is 6.05. The van der Waals surface area contributed by atoms with Crippen molar-refractivity contribution in [3.8, 4) is 11.1 Å². The molecule has 0 amide bonds. The topological polar surface area (TPSA) is 88.5 Å². The van der Waals surface area contributed by atoms with Crippen molar-refractivity contribution in [2.45, 2.75) is 6.54 Å². The molecule has 1 aromatic carbocycles. The first-order valence-electron chi connectivity index (χ1n) is 8.66. The Labute approximate surface area is 171 Å². The SMILES string of the molecule is Fc1ccc(Nc2ncc(-c3cncnc3)c(NCc3ccncc3)n2)cc1Cl. The number of rotatable bonds is 6. The highest BCUT2D eigenvalue weighted by Crippen LogP contribution is 2.27. The number of aromatic nitrogens is 5. The zero-order valence-corrected chi connectivity index (χ0v) is 15.8. The smallest absolute Gasteiger partial charge is 0.229 e. The van der Waals surface area contributed by atoms with E-state index in [-0.39, 0.29) is 5.02 Å². The predicted molar refractivity (Wildman–Crippen MR) is 109 cm³/mol. The highest BCUT2D eigenvalue weighted by molar-refractivity contribution is 6.31. The molecule has 9 heteroatoms. The molecule has 0 aliphatic heterocycles. The van der Waals surface area contributed by atoms with E-state index in [1.807, 2.05) is 12.1 Å². The summed E-state index contributed by atoms with van der Waals surface area (Å²) in [6.45, 7) is 0.544. The van der Waals surface area contributed by atoms with Gasteiger partial charge in [-0.1, -0.05) is 11.6 Å². The van der Waals surface area contributed by atoms with E-state index >= 15 is 0 Å². The number of hydrogen-bond acceptors (Lipinski definition) is 7. The van der Waals surface area contributed by atoms with Crippen molar-refractivity contribution >= 4 is 29.1 Å². The largest absolute Gasteiger partial charge is 0.365 e. The third kappa shape index (κ3) is 4.61. The summed E-state index contributed by atoms with van der Waals surface area (Å²) < 4.78 is 13.4. The molecule has 3 aromatic heterocycles. The molecule has 29 heavy (non-hydrogen) atoms. The van der Waals surface area contributed by atoms with Crippen LogP contribution in [-0.2, 0) is 6.54 Å². The molecule has 0 unspecified atom stereocenters. The molecule has 7 nitrogen and oxygen atoms in total. The minimum absolute atomic E-state index is 0.0177. The highest BCUT2D eigenvalue weighted by atomic mass is 35.5. The third-order valence-corrected chi connectivity index (χ3v) is 4.34. The van der Waals surface area contributed by atoms with Crippen molar-refractivity contribution in [2.24, 2.45) is 0 Å². The molecular weight excluding hydrogens is 393 g/mol. The summed E-state index contributed by atoms with van der Waals surface area (Å²) in [5.74, 6) is 0.449. The molecule has 0 radical (unpaired) electrons. The molecule has 0 saturated carbocycles. The van der Waals surface area contributed by atoms with Gasteiger partial charge in [0.1, 0.15) is 18.0 Å². The average Bonchev–Trinajstić information content (AvgIpc) is 2.76. The van der Waals surface area contributed by atoms with Gasteiger partial charge in [-0.05, 0) is 35.9 Å². The summed E-state index contributed by atoms with van der Waals surface area (Å²) in [7, 11) is 0. The maximum atomic E-state index is 13.4. The van der Waals surface area contributed by atoms with Crippen molar-refractivity contribution in [3.63, 3.8) is 0 Å². The van der Waals surface area contributed by atoms with Crippen LogP contribution in [0.15, 0.2) is 67.6 Å². The van der Waals surface area contributed by atoms with Crippen LogP contribution < -0.4 is 10.6 Å². The van der Waals surface area contributed by atoms with Gasteiger partial charge in [0.05, 0.1) is 5.02 Å². The van der Waals surface area contributed by atoms with Crippen LogP contribution in [-0.4, -0.2) is 24.9 Å². The standard InChI is InChI=1S/C20H15ClFN7/c21-17-7-15(1-2-18(17)22)28-20-27-11-16(14-9-24-12-25-10-14)19(29-20)26-8-13-3-5-23-6-4-13/h1-7,9-12H,8H2,(H2,26,27,28,29). The first-order chi connectivity index (χ1) is 14.2. The zero-order valence-electron chi connectivity index (χ0n) is 15.0. The van der Waals surface area contributed by atoms with Gasteiger partial charge in [-0.25, -0.2) is 19.3 Å². The fraction of sp³-hybridized carbons (Fsp3) is 0.0500. The Morgan fingerprint density at radius 2 is 1.76 bits per heavy atom. The second-order valence-corrected chi connectivity index (χ2v) is 6.45.